The molecule has 9 aliphatic rings. The molecule has 0 aliphatic heterocycles. The first-order valence-electron chi connectivity index (χ1n) is 16.9. The van der Waals surface area contributed by atoms with Crippen LogP contribution in [0.25, 0.3) is 0 Å². The zero-order valence-electron chi connectivity index (χ0n) is 22.0. The fraction of sp³-hybridized carbons (Fsp3) is 1.00. The molecule has 9 rings (SSSR count). The lowest BCUT2D eigenvalue weighted by atomic mass is 9.50. The highest BCUT2D eigenvalue weighted by Crippen LogP contribution is 2.72. The summed E-state index contributed by atoms with van der Waals surface area (Å²) < 4.78 is 0. The molecule has 9 fully saturated rings. The van der Waals surface area contributed by atoms with E-state index in [1.165, 1.54) is 82.9 Å². The molecule has 9 saturated carbocycles. The van der Waals surface area contributed by atoms with Crippen LogP contribution in [0.3, 0.4) is 0 Å². The summed E-state index contributed by atoms with van der Waals surface area (Å²) in [6.07, 6.45) is 29.5. The Labute approximate surface area is 210 Å². The highest BCUT2D eigenvalue weighted by Gasteiger charge is 2.64. The van der Waals surface area contributed by atoms with Gasteiger partial charge >= 0.3 is 0 Å². The van der Waals surface area contributed by atoms with Gasteiger partial charge in [0.15, 0.2) is 0 Å². The van der Waals surface area contributed by atoms with Crippen LogP contribution in [-0.4, -0.2) is 0 Å². The van der Waals surface area contributed by atoms with E-state index >= 15 is 0 Å². The van der Waals surface area contributed by atoms with Gasteiger partial charge in [-0.25, -0.2) is 0 Å². The molecule has 0 spiro atoms. The van der Waals surface area contributed by atoms with Crippen LogP contribution in [0, 0.1) is 94.7 Å². The first-order chi connectivity index (χ1) is 16.9. The Bertz CT molecular complexity index is 796. The molecule has 0 N–H and O–H groups in total. The Morgan fingerprint density at radius 3 is 1.44 bits per heavy atom. The maximum atomic E-state index is 1.73. The summed E-state index contributed by atoms with van der Waals surface area (Å²) in [5, 5.41) is 0. The van der Waals surface area contributed by atoms with E-state index in [0.29, 0.717) is 0 Å². The van der Waals surface area contributed by atoms with Crippen molar-refractivity contribution in [1.29, 1.82) is 0 Å². The normalized spacial score (nSPS) is 63.5. The Kier molecular flexibility index (Phi) is 4.79. The average molecular weight is 461 g/mol. The smallest absolute Gasteiger partial charge is 0.0321 e. The van der Waals surface area contributed by atoms with Crippen LogP contribution in [0.5, 0.6) is 0 Å². The number of fused-ring (bicyclic) bond motifs is 10. The van der Waals surface area contributed by atoms with Crippen molar-refractivity contribution in [1.82, 2.24) is 0 Å². The first-order valence-corrected chi connectivity index (χ1v) is 16.9. The van der Waals surface area contributed by atoms with Gasteiger partial charge in [-0.2, -0.15) is 0 Å². The van der Waals surface area contributed by atoms with E-state index in [-0.39, 0.29) is 0 Å². The molecule has 16 atom stereocenters. The van der Waals surface area contributed by atoms with E-state index in [0.717, 1.165) is 11.8 Å². The lowest BCUT2D eigenvalue weighted by molar-refractivity contribution is -0.0600. The van der Waals surface area contributed by atoms with Gasteiger partial charge in [-0.3, -0.25) is 0 Å². The van der Waals surface area contributed by atoms with E-state index in [4.69, 9.17) is 0 Å². The molecule has 0 heteroatoms. The summed E-state index contributed by atoms with van der Waals surface area (Å²) in [6, 6.07) is 0. The Morgan fingerprint density at radius 1 is 0.235 bits per heavy atom. The van der Waals surface area contributed by atoms with Gasteiger partial charge in [0.05, 0.1) is 0 Å². The fourth-order valence-electron chi connectivity index (χ4n) is 15.3. The van der Waals surface area contributed by atoms with E-state index < -0.39 is 0 Å². The monoisotopic (exact) mass is 460 g/mol. The van der Waals surface area contributed by atoms with Gasteiger partial charge in [0.25, 0.3) is 0 Å². The highest BCUT2D eigenvalue weighted by molar-refractivity contribution is 5.13. The molecule has 0 saturated heterocycles. The van der Waals surface area contributed by atoms with Crippen LogP contribution in [0.4, 0.5) is 0 Å². The molecule has 0 heterocycles. The zero-order valence-corrected chi connectivity index (χ0v) is 22.0. The van der Waals surface area contributed by atoms with Crippen molar-refractivity contribution < 1.29 is 0 Å². The topological polar surface area (TPSA) is 0 Å². The van der Waals surface area contributed by atoms with Gasteiger partial charge < -0.3 is 0 Å². The van der Waals surface area contributed by atoms with E-state index in [2.05, 4.69) is 0 Å². The molecular formula is C34H52. The average Bonchev–Trinajstić information content (AvgIpc) is 3.38. The van der Waals surface area contributed by atoms with Crippen molar-refractivity contribution >= 4 is 0 Å². The Hall–Kier alpha value is 0. The summed E-state index contributed by atoms with van der Waals surface area (Å²) >= 11 is 0. The highest BCUT2D eigenvalue weighted by atomic mass is 14.7. The van der Waals surface area contributed by atoms with Gasteiger partial charge in [-0.15, -0.1) is 0 Å². The van der Waals surface area contributed by atoms with Crippen molar-refractivity contribution in [3.8, 4) is 0 Å². The van der Waals surface area contributed by atoms with Gasteiger partial charge in [0.2, 0.25) is 0 Å². The third-order valence-corrected chi connectivity index (χ3v) is 15.7. The minimum Gasteiger partial charge on any atom is -0.0530 e. The summed E-state index contributed by atoms with van der Waals surface area (Å²) in [5.74, 6) is 18.9. The van der Waals surface area contributed by atoms with Crippen molar-refractivity contribution in [2.45, 2.75) is 116 Å². The third kappa shape index (κ3) is 2.74. The first kappa shape index (κ1) is 21.0. The largest absolute Gasteiger partial charge is 0.0530 e. The second-order valence-corrected chi connectivity index (χ2v) is 16.0. The molecule has 0 radical (unpaired) electrons. The summed E-state index contributed by atoms with van der Waals surface area (Å²) in [5.41, 5.74) is 0. The van der Waals surface area contributed by atoms with Gasteiger partial charge in [0.1, 0.15) is 0 Å². The van der Waals surface area contributed by atoms with E-state index in [1.54, 1.807) is 116 Å². The molecule has 9 aliphatic carbocycles. The van der Waals surface area contributed by atoms with Crippen LogP contribution in [0.2, 0.25) is 0 Å². The minimum absolute atomic E-state index is 1.16. The second-order valence-electron chi connectivity index (χ2n) is 16.0. The van der Waals surface area contributed by atoms with Crippen molar-refractivity contribution in [2.75, 3.05) is 0 Å². The predicted octanol–water partition coefficient (Wildman–Crippen LogP) is 8.99. The molecule has 188 valence electrons. The summed E-state index contributed by atoms with van der Waals surface area (Å²) in [4.78, 5) is 0. The van der Waals surface area contributed by atoms with Crippen molar-refractivity contribution in [2.24, 2.45) is 94.7 Å². The number of hydrogen-bond acceptors (Lipinski definition) is 0. The summed E-state index contributed by atoms with van der Waals surface area (Å²) in [6.45, 7) is 0. The SMILES string of the molecule is C1CCC2C(C1)CC1C3CC4C(CC3C3CCCC2C31)CC1C2CCCCC2C2CCCC4C21. The predicted molar refractivity (Wildman–Crippen MR) is 139 cm³/mol. The molecule has 0 bridgehead atoms. The van der Waals surface area contributed by atoms with Crippen LogP contribution in [0.15, 0.2) is 0 Å². The summed E-state index contributed by atoms with van der Waals surface area (Å²) in [7, 11) is 0. The molecule has 0 aromatic rings. The van der Waals surface area contributed by atoms with Crippen molar-refractivity contribution in [3.63, 3.8) is 0 Å². The van der Waals surface area contributed by atoms with Gasteiger partial charge in [-0.05, 0) is 165 Å². The molecule has 0 nitrogen and oxygen atoms in total. The molecule has 0 aromatic carbocycles. The quantitative estimate of drug-likeness (QED) is 0.338. The fourth-order valence-corrected chi connectivity index (χ4v) is 15.3. The van der Waals surface area contributed by atoms with Crippen LogP contribution in [-0.2, 0) is 0 Å². The van der Waals surface area contributed by atoms with E-state index in [1.807, 2.05) is 0 Å². The van der Waals surface area contributed by atoms with Crippen LogP contribution >= 0.6 is 0 Å². The maximum absolute atomic E-state index is 1.73. The van der Waals surface area contributed by atoms with Gasteiger partial charge in [0, 0.05) is 0 Å². The van der Waals surface area contributed by atoms with Gasteiger partial charge in [-0.1, -0.05) is 44.9 Å². The van der Waals surface area contributed by atoms with E-state index in [9.17, 15) is 0 Å². The van der Waals surface area contributed by atoms with Crippen molar-refractivity contribution in [3.05, 3.63) is 0 Å². The standard InChI is InChI=1S/C34H52/c1-2-8-21-19(7-1)15-32-30-18-28-20(16-29(30)27-14-5-11-24(21)33(27)32)17-31-23-10-4-3-9-22(23)25-12-6-13-26(28)34(25)31/h19-34H,1-18H2. The lowest BCUT2D eigenvalue weighted by Gasteiger charge is -2.55. The Morgan fingerprint density at radius 2 is 0.676 bits per heavy atom. The molecule has 0 amide bonds. The molecule has 34 heavy (non-hydrogen) atoms. The molecule has 16 unspecified atom stereocenters. The zero-order chi connectivity index (χ0) is 22.0. The lowest BCUT2D eigenvalue weighted by Crippen LogP contribution is -2.48. The molecular weight excluding hydrogens is 408 g/mol. The number of rotatable bonds is 0. The minimum atomic E-state index is 1.16. The number of hydrogen-bond donors (Lipinski definition) is 0. The Balaban J connectivity index is 1.05. The molecule has 0 aromatic heterocycles. The van der Waals surface area contributed by atoms with Crippen LogP contribution < -0.4 is 0 Å². The third-order valence-electron chi connectivity index (χ3n) is 15.7. The van der Waals surface area contributed by atoms with Crippen LogP contribution in [0.1, 0.15) is 116 Å². The maximum Gasteiger partial charge on any atom is -0.0321 e. The second kappa shape index (κ2) is 7.76.